The second-order valence-electron chi connectivity index (χ2n) is 6.07. The van der Waals surface area contributed by atoms with Gasteiger partial charge in [-0.25, -0.2) is 0 Å². The molecule has 0 aliphatic carbocycles. The van der Waals surface area contributed by atoms with Crippen LogP contribution in [0.3, 0.4) is 0 Å². The molecule has 6 nitrogen and oxygen atoms in total. The van der Waals surface area contributed by atoms with Gasteiger partial charge in [0.2, 0.25) is 0 Å². The third-order valence-corrected chi connectivity index (χ3v) is 4.51. The van der Waals surface area contributed by atoms with Crippen LogP contribution in [0.4, 0.5) is 0 Å². The van der Waals surface area contributed by atoms with Crippen LogP contribution < -0.4 is 5.32 Å². The molecule has 3 rings (SSSR count). The van der Waals surface area contributed by atoms with Gasteiger partial charge in [-0.15, -0.1) is 0 Å². The number of piperidine rings is 1. The number of carbonyl (C=O) groups excluding carboxylic acids is 1. The van der Waals surface area contributed by atoms with Crippen molar-refractivity contribution in [3.63, 3.8) is 0 Å². The predicted molar refractivity (Wildman–Crippen MR) is 90.6 cm³/mol. The summed E-state index contributed by atoms with van der Waals surface area (Å²) in [4.78, 5) is 14.7. The van der Waals surface area contributed by atoms with Crippen molar-refractivity contribution in [2.45, 2.75) is 25.3 Å². The number of likely N-dealkylation sites (tertiary alicyclic amines) is 1. The van der Waals surface area contributed by atoms with E-state index < -0.39 is 0 Å². The van der Waals surface area contributed by atoms with Crippen LogP contribution >= 0.6 is 0 Å². The molecule has 1 aromatic heterocycles. The molecule has 1 amide bonds. The first-order valence-electron chi connectivity index (χ1n) is 8.42. The molecule has 2 aromatic rings. The summed E-state index contributed by atoms with van der Waals surface area (Å²) in [7, 11) is 0. The largest absolute Gasteiger partial charge is 0.395 e. The molecule has 6 heteroatoms. The number of hydrogen-bond donors (Lipinski definition) is 2. The van der Waals surface area contributed by atoms with Crippen molar-refractivity contribution in [1.29, 1.82) is 0 Å². The first kappa shape index (κ1) is 16.7. The number of carbonyl (C=O) groups is 1. The Morgan fingerprint density at radius 1 is 1.33 bits per heavy atom. The van der Waals surface area contributed by atoms with Gasteiger partial charge >= 0.3 is 0 Å². The molecule has 2 heterocycles. The van der Waals surface area contributed by atoms with Gasteiger partial charge < -0.3 is 14.9 Å². The zero-order valence-corrected chi connectivity index (χ0v) is 13.6. The van der Waals surface area contributed by atoms with Gasteiger partial charge in [0.1, 0.15) is 17.5 Å². The van der Waals surface area contributed by atoms with Crippen molar-refractivity contribution in [3.8, 4) is 11.3 Å². The van der Waals surface area contributed by atoms with Crippen LogP contribution in [0.1, 0.15) is 29.6 Å². The highest BCUT2D eigenvalue weighted by Crippen LogP contribution is 2.21. The standard InChI is InChI=1S/C18H23N3O3/c22-12-15-8-4-5-10-21(15)11-9-19-18(23)16-13-24-20-17(16)14-6-2-1-3-7-14/h1-3,6-7,13,15,22H,4-5,8-12H2,(H,19,23). The number of benzene rings is 1. The van der Waals surface area contributed by atoms with Crippen LogP contribution in [0.15, 0.2) is 41.1 Å². The zero-order valence-electron chi connectivity index (χ0n) is 13.6. The van der Waals surface area contributed by atoms with E-state index in [4.69, 9.17) is 4.52 Å². The average molecular weight is 329 g/mol. The maximum absolute atomic E-state index is 12.4. The second-order valence-corrected chi connectivity index (χ2v) is 6.07. The highest BCUT2D eigenvalue weighted by Gasteiger charge is 2.22. The van der Waals surface area contributed by atoms with E-state index >= 15 is 0 Å². The fraction of sp³-hybridized carbons (Fsp3) is 0.444. The van der Waals surface area contributed by atoms with Crippen molar-refractivity contribution >= 4 is 5.91 Å². The molecule has 128 valence electrons. The summed E-state index contributed by atoms with van der Waals surface area (Å²) < 4.78 is 5.00. The minimum absolute atomic E-state index is 0.178. The van der Waals surface area contributed by atoms with E-state index in [2.05, 4.69) is 15.4 Å². The lowest BCUT2D eigenvalue weighted by Gasteiger charge is -2.34. The Morgan fingerprint density at radius 3 is 2.96 bits per heavy atom. The quantitative estimate of drug-likeness (QED) is 0.846. The van der Waals surface area contributed by atoms with Crippen molar-refractivity contribution in [1.82, 2.24) is 15.4 Å². The van der Waals surface area contributed by atoms with Crippen LogP contribution in [-0.2, 0) is 0 Å². The summed E-state index contributed by atoms with van der Waals surface area (Å²) in [6, 6.07) is 9.72. The van der Waals surface area contributed by atoms with E-state index in [0.29, 0.717) is 17.8 Å². The lowest BCUT2D eigenvalue weighted by molar-refractivity contribution is 0.0849. The van der Waals surface area contributed by atoms with Crippen molar-refractivity contribution in [2.24, 2.45) is 0 Å². The number of nitrogens with one attached hydrogen (secondary N) is 1. The monoisotopic (exact) mass is 329 g/mol. The minimum Gasteiger partial charge on any atom is -0.395 e. The summed E-state index contributed by atoms with van der Waals surface area (Å²) in [5.74, 6) is -0.187. The van der Waals surface area contributed by atoms with E-state index in [-0.39, 0.29) is 18.6 Å². The van der Waals surface area contributed by atoms with Crippen LogP contribution in [0.5, 0.6) is 0 Å². The number of aliphatic hydroxyl groups is 1. The molecule has 1 atom stereocenters. The van der Waals surface area contributed by atoms with Gasteiger partial charge in [-0.3, -0.25) is 9.69 Å². The topological polar surface area (TPSA) is 78.6 Å². The zero-order chi connectivity index (χ0) is 16.8. The summed E-state index contributed by atoms with van der Waals surface area (Å²) in [5, 5.41) is 16.3. The molecular weight excluding hydrogens is 306 g/mol. The van der Waals surface area contributed by atoms with Crippen LogP contribution in [0, 0.1) is 0 Å². The number of nitrogens with zero attached hydrogens (tertiary/aromatic N) is 2. The van der Waals surface area contributed by atoms with Crippen LogP contribution in [0.25, 0.3) is 11.3 Å². The first-order valence-corrected chi connectivity index (χ1v) is 8.42. The second kappa shape index (κ2) is 8.08. The van der Waals surface area contributed by atoms with Gasteiger partial charge in [-0.1, -0.05) is 41.9 Å². The molecular formula is C18H23N3O3. The SMILES string of the molecule is O=C(NCCN1CCCCC1CO)c1conc1-c1ccccc1. The lowest BCUT2D eigenvalue weighted by atomic mass is 10.0. The van der Waals surface area contributed by atoms with E-state index in [1.807, 2.05) is 30.3 Å². The van der Waals surface area contributed by atoms with Crippen molar-refractivity contribution < 1.29 is 14.4 Å². The Kier molecular flexibility index (Phi) is 5.61. The van der Waals surface area contributed by atoms with E-state index in [0.717, 1.165) is 37.9 Å². The maximum atomic E-state index is 12.4. The molecule has 1 aromatic carbocycles. The van der Waals surface area contributed by atoms with Gasteiger partial charge in [0.25, 0.3) is 5.91 Å². The Bertz CT molecular complexity index is 657. The van der Waals surface area contributed by atoms with Crippen molar-refractivity contribution in [3.05, 3.63) is 42.2 Å². The third kappa shape index (κ3) is 3.83. The Hall–Kier alpha value is -2.18. The summed E-state index contributed by atoms with van der Waals surface area (Å²) in [5.41, 5.74) is 1.85. The molecule has 0 bridgehead atoms. The molecule has 1 saturated heterocycles. The van der Waals surface area contributed by atoms with Gasteiger partial charge in [0, 0.05) is 24.7 Å². The van der Waals surface area contributed by atoms with Gasteiger partial charge in [-0.2, -0.15) is 0 Å². The molecule has 24 heavy (non-hydrogen) atoms. The highest BCUT2D eigenvalue weighted by atomic mass is 16.5. The predicted octanol–water partition coefficient (Wildman–Crippen LogP) is 1.92. The number of rotatable bonds is 6. The molecule has 2 N–H and O–H groups in total. The lowest BCUT2D eigenvalue weighted by Crippen LogP contribution is -2.45. The van der Waals surface area contributed by atoms with E-state index in [9.17, 15) is 9.90 Å². The molecule has 0 radical (unpaired) electrons. The van der Waals surface area contributed by atoms with Crippen LogP contribution in [0.2, 0.25) is 0 Å². The molecule has 1 aliphatic rings. The average Bonchev–Trinajstić information content (AvgIpc) is 3.12. The molecule has 1 fully saturated rings. The summed E-state index contributed by atoms with van der Waals surface area (Å²) >= 11 is 0. The van der Waals surface area contributed by atoms with Gasteiger partial charge in [0.05, 0.1) is 6.61 Å². The van der Waals surface area contributed by atoms with Crippen molar-refractivity contribution in [2.75, 3.05) is 26.2 Å². The fourth-order valence-electron chi connectivity index (χ4n) is 3.17. The summed E-state index contributed by atoms with van der Waals surface area (Å²) in [6.45, 7) is 2.43. The normalized spacial score (nSPS) is 18.5. The number of amides is 1. The molecule has 0 saturated carbocycles. The summed E-state index contributed by atoms with van der Waals surface area (Å²) in [6.07, 6.45) is 4.72. The molecule has 1 unspecified atom stereocenters. The number of hydrogen-bond acceptors (Lipinski definition) is 5. The molecule has 1 aliphatic heterocycles. The smallest absolute Gasteiger partial charge is 0.256 e. The van der Waals surface area contributed by atoms with Gasteiger partial charge in [0.15, 0.2) is 0 Å². The highest BCUT2D eigenvalue weighted by molar-refractivity contribution is 5.99. The maximum Gasteiger partial charge on any atom is 0.256 e. The first-order chi connectivity index (χ1) is 11.8. The van der Waals surface area contributed by atoms with Gasteiger partial charge in [-0.05, 0) is 19.4 Å². The minimum atomic E-state index is -0.187. The Morgan fingerprint density at radius 2 is 2.17 bits per heavy atom. The van der Waals surface area contributed by atoms with Crippen LogP contribution in [-0.4, -0.2) is 53.4 Å². The molecule has 0 spiro atoms. The fourth-order valence-corrected chi connectivity index (χ4v) is 3.17. The van der Waals surface area contributed by atoms with E-state index in [1.165, 1.54) is 6.26 Å². The Balaban J connectivity index is 1.57. The number of aromatic nitrogens is 1. The number of aliphatic hydroxyl groups excluding tert-OH is 1. The van der Waals surface area contributed by atoms with E-state index in [1.54, 1.807) is 0 Å². The Labute approximate surface area is 141 Å². The third-order valence-electron chi connectivity index (χ3n) is 4.51.